The van der Waals surface area contributed by atoms with Gasteiger partial charge in [-0.15, -0.1) is 0 Å². The molecule has 0 spiro atoms. The standard InChI is InChI=1S/C27H40O7/c1-15(2)16(3)12-23(30)34-22-14-21-20-7-6-19(29)13-18(20)8-9-26(21,32)27(33)11-10-25(31,17(4)28)24(22,27)5/h8,12,15,19-22,29,31-33H,6-7,9-11,13-14H2,1-5H3/b16-12+/t19-,20?,21?,22+,24+,25+,26-,27+/m0/s1. The number of carbonyl (C=O) groups excluding carboxylic acids is 2. The monoisotopic (exact) mass is 476 g/mol. The minimum atomic E-state index is -1.93. The van der Waals surface area contributed by atoms with Crippen molar-refractivity contribution in [3.63, 3.8) is 0 Å². The quantitative estimate of drug-likeness (QED) is 0.279. The van der Waals surface area contributed by atoms with Crippen LogP contribution in [0, 0.1) is 23.2 Å². The molecule has 7 heteroatoms. The Morgan fingerprint density at radius 1 is 1.15 bits per heavy atom. The molecule has 0 aromatic heterocycles. The Hall–Kier alpha value is -1.54. The first-order chi connectivity index (χ1) is 15.7. The van der Waals surface area contributed by atoms with Crippen molar-refractivity contribution in [2.75, 3.05) is 0 Å². The van der Waals surface area contributed by atoms with E-state index >= 15 is 0 Å². The summed E-state index contributed by atoms with van der Waals surface area (Å²) in [7, 11) is 0. The minimum Gasteiger partial charge on any atom is -0.458 e. The van der Waals surface area contributed by atoms with Gasteiger partial charge in [0.25, 0.3) is 0 Å². The Balaban J connectivity index is 1.81. The van der Waals surface area contributed by atoms with E-state index in [2.05, 4.69) is 0 Å². The molecule has 3 fully saturated rings. The predicted octanol–water partition coefficient (Wildman–Crippen LogP) is 2.59. The van der Waals surface area contributed by atoms with Gasteiger partial charge in [-0.2, -0.15) is 0 Å². The van der Waals surface area contributed by atoms with Gasteiger partial charge in [0.2, 0.25) is 0 Å². The van der Waals surface area contributed by atoms with Gasteiger partial charge in [-0.1, -0.05) is 31.1 Å². The Kier molecular flexibility index (Phi) is 6.20. The van der Waals surface area contributed by atoms with Gasteiger partial charge in [-0.3, -0.25) is 4.79 Å². The van der Waals surface area contributed by atoms with Crippen LogP contribution in [0.4, 0.5) is 0 Å². The van der Waals surface area contributed by atoms with Gasteiger partial charge < -0.3 is 25.2 Å². The molecule has 8 atom stereocenters. The van der Waals surface area contributed by atoms with E-state index in [1.807, 2.05) is 26.8 Å². The molecule has 0 amide bonds. The van der Waals surface area contributed by atoms with Crippen LogP contribution in [-0.4, -0.2) is 61.2 Å². The Labute approximate surface area is 201 Å². The van der Waals surface area contributed by atoms with E-state index in [4.69, 9.17) is 4.74 Å². The number of Topliss-reactive ketones (excluding diaryl/α,β-unsaturated/α-hetero) is 1. The van der Waals surface area contributed by atoms with Gasteiger partial charge in [0, 0.05) is 12.0 Å². The molecule has 0 saturated heterocycles. The van der Waals surface area contributed by atoms with Crippen LogP contribution in [0.2, 0.25) is 0 Å². The lowest BCUT2D eigenvalue weighted by Crippen LogP contribution is -2.77. The van der Waals surface area contributed by atoms with E-state index in [0.717, 1.165) is 11.1 Å². The number of allylic oxidation sites excluding steroid dienone is 1. The zero-order chi connectivity index (χ0) is 25.3. The first kappa shape index (κ1) is 25.5. The number of fused-ring (bicyclic) bond motifs is 5. The summed E-state index contributed by atoms with van der Waals surface area (Å²) in [6, 6.07) is 0. The van der Waals surface area contributed by atoms with Gasteiger partial charge in [-0.25, -0.2) is 4.79 Å². The summed E-state index contributed by atoms with van der Waals surface area (Å²) in [5.41, 5.74) is -5.01. The number of esters is 1. The average molecular weight is 477 g/mol. The second kappa shape index (κ2) is 8.26. The topological polar surface area (TPSA) is 124 Å². The molecule has 2 unspecified atom stereocenters. The van der Waals surface area contributed by atoms with Crippen molar-refractivity contribution in [1.29, 1.82) is 0 Å². The Bertz CT molecular complexity index is 937. The molecule has 4 aliphatic rings. The minimum absolute atomic E-state index is 0.0147. The Morgan fingerprint density at radius 3 is 2.44 bits per heavy atom. The second-order valence-electron chi connectivity index (χ2n) is 11.7. The van der Waals surface area contributed by atoms with Crippen molar-refractivity contribution in [2.45, 2.75) is 109 Å². The van der Waals surface area contributed by atoms with Crippen LogP contribution in [0.5, 0.6) is 0 Å². The summed E-state index contributed by atoms with van der Waals surface area (Å²) in [5, 5.41) is 46.2. The van der Waals surface area contributed by atoms with E-state index in [1.54, 1.807) is 6.92 Å². The summed E-state index contributed by atoms with van der Waals surface area (Å²) >= 11 is 0. The molecule has 0 heterocycles. The molecular formula is C27H40O7. The molecule has 7 nitrogen and oxygen atoms in total. The number of ether oxygens (including phenoxy) is 1. The number of rotatable bonds is 4. The fraction of sp³-hybridized carbons (Fsp3) is 0.778. The molecule has 34 heavy (non-hydrogen) atoms. The number of hydrogen-bond donors (Lipinski definition) is 4. The molecule has 190 valence electrons. The summed E-state index contributed by atoms with van der Waals surface area (Å²) < 4.78 is 5.97. The molecule has 0 aromatic rings. The van der Waals surface area contributed by atoms with Crippen molar-refractivity contribution in [1.82, 2.24) is 0 Å². The third kappa shape index (κ3) is 3.30. The summed E-state index contributed by atoms with van der Waals surface area (Å²) in [5.74, 6) is -1.41. The van der Waals surface area contributed by atoms with Crippen molar-refractivity contribution in [3.05, 3.63) is 23.3 Å². The van der Waals surface area contributed by atoms with Gasteiger partial charge >= 0.3 is 5.97 Å². The SMILES string of the molecule is CC(=O)[C@]1(O)CC[C@@]2(O)[C@]1(C)[C@H](OC(=O)/C=C(\C)C(C)C)CC1C3CC[C@H](O)CC3=CC[C@]12O. The number of carbonyl (C=O) groups is 2. The van der Waals surface area contributed by atoms with Crippen LogP contribution in [-0.2, 0) is 14.3 Å². The van der Waals surface area contributed by atoms with E-state index < -0.39 is 52.1 Å². The molecule has 4 aliphatic carbocycles. The highest BCUT2D eigenvalue weighted by atomic mass is 16.5. The van der Waals surface area contributed by atoms with Crippen LogP contribution >= 0.6 is 0 Å². The van der Waals surface area contributed by atoms with Crippen LogP contribution < -0.4 is 0 Å². The van der Waals surface area contributed by atoms with Crippen molar-refractivity contribution < 1.29 is 34.8 Å². The van der Waals surface area contributed by atoms with Gasteiger partial charge in [0.05, 0.1) is 11.5 Å². The highest BCUT2D eigenvalue weighted by Gasteiger charge is 2.80. The predicted molar refractivity (Wildman–Crippen MR) is 126 cm³/mol. The molecule has 4 N–H and O–H groups in total. The Morgan fingerprint density at radius 2 is 1.82 bits per heavy atom. The summed E-state index contributed by atoms with van der Waals surface area (Å²) in [6.07, 6.45) is 4.18. The van der Waals surface area contributed by atoms with Crippen LogP contribution in [0.3, 0.4) is 0 Å². The average Bonchev–Trinajstić information content (AvgIpc) is 2.99. The number of aliphatic hydroxyl groups is 4. The van der Waals surface area contributed by atoms with E-state index in [-0.39, 0.29) is 37.5 Å². The molecule has 0 aromatic carbocycles. The van der Waals surface area contributed by atoms with Gasteiger partial charge in [0.1, 0.15) is 22.9 Å². The van der Waals surface area contributed by atoms with Gasteiger partial charge in [0.15, 0.2) is 5.78 Å². The third-order valence-electron chi connectivity index (χ3n) is 10.0. The zero-order valence-electron chi connectivity index (χ0n) is 21.0. The summed E-state index contributed by atoms with van der Waals surface area (Å²) in [6.45, 7) is 8.67. The number of hydrogen-bond acceptors (Lipinski definition) is 7. The van der Waals surface area contributed by atoms with E-state index in [0.29, 0.717) is 19.3 Å². The highest BCUT2D eigenvalue weighted by Crippen LogP contribution is 2.68. The smallest absolute Gasteiger partial charge is 0.330 e. The maximum absolute atomic E-state index is 13.0. The van der Waals surface area contributed by atoms with Crippen molar-refractivity contribution in [2.24, 2.45) is 23.2 Å². The van der Waals surface area contributed by atoms with Gasteiger partial charge in [-0.05, 0) is 77.6 Å². The first-order valence-electron chi connectivity index (χ1n) is 12.6. The maximum Gasteiger partial charge on any atom is 0.330 e. The lowest BCUT2D eigenvalue weighted by atomic mass is 9.45. The van der Waals surface area contributed by atoms with E-state index in [9.17, 15) is 30.0 Å². The molecule has 0 aliphatic heterocycles. The van der Waals surface area contributed by atoms with Crippen LogP contribution in [0.25, 0.3) is 0 Å². The molecule has 3 saturated carbocycles. The number of aliphatic hydroxyl groups excluding tert-OH is 1. The summed E-state index contributed by atoms with van der Waals surface area (Å²) in [4.78, 5) is 25.7. The normalized spacial score (nSPS) is 46.3. The molecule has 0 radical (unpaired) electrons. The van der Waals surface area contributed by atoms with Crippen LogP contribution in [0.15, 0.2) is 23.3 Å². The fourth-order valence-corrected chi connectivity index (χ4v) is 7.51. The third-order valence-corrected chi connectivity index (χ3v) is 10.0. The van der Waals surface area contributed by atoms with E-state index in [1.165, 1.54) is 13.0 Å². The second-order valence-corrected chi connectivity index (χ2v) is 11.7. The largest absolute Gasteiger partial charge is 0.458 e. The zero-order valence-corrected chi connectivity index (χ0v) is 21.0. The van der Waals surface area contributed by atoms with Crippen molar-refractivity contribution >= 4 is 11.8 Å². The van der Waals surface area contributed by atoms with Crippen molar-refractivity contribution in [3.8, 4) is 0 Å². The first-order valence-corrected chi connectivity index (χ1v) is 12.6. The lowest BCUT2D eigenvalue weighted by molar-refractivity contribution is -0.307. The lowest BCUT2D eigenvalue weighted by Gasteiger charge is -2.64. The maximum atomic E-state index is 13.0. The van der Waals surface area contributed by atoms with Crippen LogP contribution in [0.1, 0.15) is 79.6 Å². The highest BCUT2D eigenvalue weighted by molar-refractivity contribution is 5.87. The molecule has 0 bridgehead atoms. The number of ketones is 1. The molecular weight excluding hydrogens is 436 g/mol. The molecule has 4 rings (SSSR count). The fourth-order valence-electron chi connectivity index (χ4n) is 7.51.